The van der Waals surface area contributed by atoms with Crippen molar-refractivity contribution in [3.05, 3.63) is 60.8 Å². The molecule has 0 aliphatic rings. The molecule has 442 valence electrons. The van der Waals surface area contributed by atoms with E-state index in [0.29, 0.717) is 19.3 Å². The molecule has 0 aromatic carbocycles. The molecular weight excluding hydrogens is 937 g/mol. The Morgan fingerprint density at radius 3 is 0.816 bits per heavy atom. The summed E-state index contributed by atoms with van der Waals surface area (Å²) in [5, 5.41) is 0. The normalized spacial score (nSPS) is 12.4. The highest BCUT2D eigenvalue weighted by atomic mass is 16.6. The molecule has 6 heteroatoms. The van der Waals surface area contributed by atoms with Crippen molar-refractivity contribution in [2.24, 2.45) is 0 Å². The first-order valence-corrected chi connectivity index (χ1v) is 33.3. The lowest BCUT2D eigenvalue weighted by atomic mass is 10.0. The highest BCUT2D eigenvalue weighted by Crippen LogP contribution is 2.17. The number of carbonyl (C=O) groups excluding carboxylic acids is 3. The van der Waals surface area contributed by atoms with Gasteiger partial charge in [0.1, 0.15) is 13.2 Å². The van der Waals surface area contributed by atoms with Crippen LogP contribution in [0.5, 0.6) is 0 Å². The van der Waals surface area contributed by atoms with Crippen LogP contribution in [0.2, 0.25) is 0 Å². The Kier molecular flexibility index (Phi) is 62.2. The molecule has 0 radical (unpaired) electrons. The third-order valence-electron chi connectivity index (χ3n) is 14.8. The van der Waals surface area contributed by atoms with Crippen molar-refractivity contribution in [3.8, 4) is 0 Å². The largest absolute Gasteiger partial charge is 0.462 e. The predicted octanol–water partition coefficient (Wildman–Crippen LogP) is 22.7. The van der Waals surface area contributed by atoms with Crippen LogP contribution in [0.3, 0.4) is 0 Å². The Hall–Kier alpha value is -2.89. The molecule has 76 heavy (non-hydrogen) atoms. The zero-order valence-electron chi connectivity index (χ0n) is 50.8. The van der Waals surface area contributed by atoms with Gasteiger partial charge in [0.15, 0.2) is 6.10 Å². The van der Waals surface area contributed by atoms with Crippen molar-refractivity contribution < 1.29 is 28.6 Å². The van der Waals surface area contributed by atoms with Gasteiger partial charge < -0.3 is 14.2 Å². The SMILES string of the molecule is CC/C=C\C/C=C\C/C=C\C/C=C\CCCCCCCCCCCCCCCCCCCCC(=O)OCC(COC(=O)CCCCCCCCCC)OC(=O)CCCCCCCCCCC/C=C\CCCCCCCC. The summed E-state index contributed by atoms with van der Waals surface area (Å²) in [7, 11) is 0. The number of unbranched alkanes of at least 4 members (excludes halogenated alkanes) is 40. The van der Waals surface area contributed by atoms with Crippen molar-refractivity contribution >= 4 is 17.9 Å². The van der Waals surface area contributed by atoms with E-state index in [1.807, 2.05) is 0 Å². The van der Waals surface area contributed by atoms with Gasteiger partial charge in [-0.3, -0.25) is 14.4 Å². The quantitative estimate of drug-likeness (QED) is 0.0261. The van der Waals surface area contributed by atoms with Crippen LogP contribution in [-0.4, -0.2) is 37.2 Å². The van der Waals surface area contributed by atoms with Gasteiger partial charge in [0.05, 0.1) is 0 Å². The van der Waals surface area contributed by atoms with Crippen LogP contribution in [0.25, 0.3) is 0 Å². The average Bonchev–Trinajstić information content (AvgIpc) is 3.42. The van der Waals surface area contributed by atoms with E-state index in [9.17, 15) is 14.4 Å². The van der Waals surface area contributed by atoms with Crippen molar-refractivity contribution in [1.82, 2.24) is 0 Å². The maximum Gasteiger partial charge on any atom is 0.306 e. The van der Waals surface area contributed by atoms with E-state index in [0.717, 1.165) is 83.5 Å². The van der Waals surface area contributed by atoms with Gasteiger partial charge in [-0.15, -0.1) is 0 Å². The molecule has 0 saturated carbocycles. The minimum absolute atomic E-state index is 0.0697. The van der Waals surface area contributed by atoms with Crippen LogP contribution in [-0.2, 0) is 28.6 Å². The first kappa shape index (κ1) is 73.1. The summed E-state index contributed by atoms with van der Waals surface area (Å²) >= 11 is 0. The summed E-state index contributed by atoms with van der Waals surface area (Å²) in [4.78, 5) is 38.2. The molecule has 0 aromatic rings. The molecule has 0 aliphatic carbocycles. The smallest absolute Gasteiger partial charge is 0.306 e. The monoisotopic (exact) mass is 1060 g/mol. The van der Waals surface area contributed by atoms with Gasteiger partial charge in [-0.1, -0.05) is 306 Å². The topological polar surface area (TPSA) is 78.9 Å². The molecular formula is C70H126O6. The summed E-state index contributed by atoms with van der Waals surface area (Å²) in [6, 6.07) is 0. The van der Waals surface area contributed by atoms with E-state index in [-0.39, 0.29) is 31.1 Å². The van der Waals surface area contributed by atoms with E-state index in [2.05, 4.69) is 81.5 Å². The van der Waals surface area contributed by atoms with Gasteiger partial charge in [-0.05, 0) is 83.5 Å². The first-order valence-electron chi connectivity index (χ1n) is 33.3. The minimum Gasteiger partial charge on any atom is -0.462 e. The summed E-state index contributed by atoms with van der Waals surface area (Å²) in [6.07, 6.45) is 82.6. The summed E-state index contributed by atoms with van der Waals surface area (Å²) < 4.78 is 16.9. The fourth-order valence-corrected chi connectivity index (χ4v) is 9.79. The van der Waals surface area contributed by atoms with Crippen LogP contribution < -0.4 is 0 Å². The lowest BCUT2D eigenvalue weighted by Gasteiger charge is -2.18. The average molecular weight is 1060 g/mol. The lowest BCUT2D eigenvalue weighted by Crippen LogP contribution is -2.30. The Bertz CT molecular complexity index is 1360. The molecule has 0 fully saturated rings. The zero-order valence-corrected chi connectivity index (χ0v) is 50.8. The minimum atomic E-state index is -0.770. The molecule has 0 aromatic heterocycles. The van der Waals surface area contributed by atoms with Crippen molar-refractivity contribution in [2.45, 2.75) is 354 Å². The molecule has 1 atom stereocenters. The molecule has 1 unspecified atom stereocenters. The molecule has 0 aliphatic heterocycles. The summed E-state index contributed by atoms with van der Waals surface area (Å²) in [5.41, 5.74) is 0. The van der Waals surface area contributed by atoms with Crippen LogP contribution in [0, 0.1) is 0 Å². The maximum atomic E-state index is 12.9. The second-order valence-corrected chi connectivity index (χ2v) is 22.4. The van der Waals surface area contributed by atoms with Gasteiger partial charge in [-0.25, -0.2) is 0 Å². The molecule has 0 bridgehead atoms. The van der Waals surface area contributed by atoms with Gasteiger partial charge >= 0.3 is 17.9 Å². The first-order chi connectivity index (χ1) is 37.5. The zero-order chi connectivity index (χ0) is 55.0. The number of rotatable bonds is 61. The van der Waals surface area contributed by atoms with Gasteiger partial charge in [0.2, 0.25) is 0 Å². The Balaban J connectivity index is 4.06. The highest BCUT2D eigenvalue weighted by Gasteiger charge is 2.19. The number of esters is 3. The van der Waals surface area contributed by atoms with E-state index in [1.165, 1.54) is 225 Å². The fraction of sp³-hybridized carbons (Fsp3) is 0.814. The molecule has 6 nitrogen and oxygen atoms in total. The number of hydrogen-bond donors (Lipinski definition) is 0. The predicted molar refractivity (Wildman–Crippen MR) is 330 cm³/mol. The van der Waals surface area contributed by atoms with Crippen molar-refractivity contribution in [3.63, 3.8) is 0 Å². The summed E-state index contributed by atoms with van der Waals surface area (Å²) in [6.45, 7) is 6.54. The van der Waals surface area contributed by atoms with Crippen molar-refractivity contribution in [2.75, 3.05) is 13.2 Å². The molecule has 0 heterocycles. The fourth-order valence-electron chi connectivity index (χ4n) is 9.79. The van der Waals surface area contributed by atoms with Gasteiger partial charge in [-0.2, -0.15) is 0 Å². The number of ether oxygens (including phenoxy) is 3. The number of allylic oxidation sites excluding steroid dienone is 10. The third kappa shape index (κ3) is 62.0. The Morgan fingerprint density at radius 2 is 0.513 bits per heavy atom. The Morgan fingerprint density at radius 1 is 0.276 bits per heavy atom. The van der Waals surface area contributed by atoms with Crippen LogP contribution in [0.15, 0.2) is 60.8 Å². The van der Waals surface area contributed by atoms with E-state index in [4.69, 9.17) is 14.2 Å². The molecule has 0 spiro atoms. The highest BCUT2D eigenvalue weighted by molar-refractivity contribution is 5.71. The van der Waals surface area contributed by atoms with E-state index >= 15 is 0 Å². The van der Waals surface area contributed by atoms with Crippen LogP contribution >= 0.6 is 0 Å². The standard InChI is InChI=1S/C70H126O6/c1-4-7-10-13-16-19-21-23-25-27-29-30-31-32-33-34-35-36-37-38-39-40-42-43-45-47-49-51-54-57-60-63-69(72)75-66-67(65-74-68(71)62-59-56-53-18-15-12-9-6-3)76-70(73)64-61-58-55-52-50-48-46-44-41-28-26-24-22-20-17-14-11-8-5-2/h7,10,16,19,23-26,29-30,67H,4-6,8-9,11-15,17-18,20-22,27-28,31-66H2,1-3H3/b10-7-,19-16-,25-23-,26-24-,30-29-. The summed E-state index contributed by atoms with van der Waals surface area (Å²) in [5.74, 6) is -0.856. The number of carbonyl (C=O) groups is 3. The Labute approximate surface area is 472 Å². The van der Waals surface area contributed by atoms with E-state index < -0.39 is 6.10 Å². The third-order valence-corrected chi connectivity index (χ3v) is 14.8. The van der Waals surface area contributed by atoms with Crippen molar-refractivity contribution in [1.29, 1.82) is 0 Å². The van der Waals surface area contributed by atoms with Gasteiger partial charge in [0.25, 0.3) is 0 Å². The van der Waals surface area contributed by atoms with E-state index in [1.54, 1.807) is 0 Å². The van der Waals surface area contributed by atoms with Crippen LogP contribution in [0.4, 0.5) is 0 Å². The molecule has 0 amide bonds. The number of hydrogen-bond acceptors (Lipinski definition) is 6. The molecule has 0 rings (SSSR count). The maximum absolute atomic E-state index is 12.9. The second kappa shape index (κ2) is 64.6. The molecule has 0 N–H and O–H groups in total. The van der Waals surface area contributed by atoms with Crippen LogP contribution in [0.1, 0.15) is 348 Å². The van der Waals surface area contributed by atoms with Gasteiger partial charge in [0, 0.05) is 19.3 Å². The molecule has 0 saturated heterocycles. The second-order valence-electron chi connectivity index (χ2n) is 22.4. The lowest BCUT2D eigenvalue weighted by molar-refractivity contribution is -0.167.